The van der Waals surface area contributed by atoms with E-state index in [-0.39, 0.29) is 22.9 Å². The van der Waals surface area contributed by atoms with E-state index in [1.54, 1.807) is 4.90 Å². The first-order valence-corrected chi connectivity index (χ1v) is 23.7. The fraction of sp³-hybridized carbons (Fsp3) is 0.396. The number of nitrogens with one attached hydrogen (secondary N) is 1. The molecule has 5 aromatic rings. The summed E-state index contributed by atoms with van der Waals surface area (Å²) >= 11 is 0. The number of carbonyl (C=O) groups excluding carboxylic acids is 2. The van der Waals surface area contributed by atoms with Crippen LogP contribution in [-0.4, -0.2) is 46.8 Å². The van der Waals surface area contributed by atoms with Gasteiger partial charge in [-0.25, -0.2) is 0 Å². The number of aromatic nitrogens is 2. The standard InChI is InChI=1S/C48H56N6O3Si/c1-31-23-33-13-9-10-14-35(33)30-53(31)46(55)41-25-36-29-50-21-20-34(36)24-40(41)45-27-42(43-15-11-12-22-52(43)45)47(56)54(44-26-38(28-49)51(6)32(44)2)37-16-18-39(19-17-37)57-58(7,8)48(3,4)5/h9-10,13-14,16-19,24-27,31,50H,11-12,15,20-23,29-30H2,1-8H3/t31-/m1/s1. The van der Waals surface area contributed by atoms with Crippen molar-refractivity contribution in [3.63, 3.8) is 0 Å². The molecule has 0 aliphatic carbocycles. The van der Waals surface area contributed by atoms with E-state index < -0.39 is 8.32 Å². The Kier molecular flexibility index (Phi) is 10.3. The number of nitrogens with zero attached hydrogens (tertiary/aromatic N) is 5. The fourth-order valence-corrected chi connectivity index (χ4v) is 9.76. The molecule has 8 rings (SSSR count). The van der Waals surface area contributed by atoms with Crippen LogP contribution in [0.4, 0.5) is 11.4 Å². The molecule has 2 amide bonds. The predicted octanol–water partition coefficient (Wildman–Crippen LogP) is 9.61. The van der Waals surface area contributed by atoms with Crippen LogP contribution in [0, 0.1) is 18.3 Å². The molecule has 0 radical (unpaired) electrons. The predicted molar refractivity (Wildman–Crippen MR) is 233 cm³/mol. The molecule has 0 spiro atoms. The van der Waals surface area contributed by atoms with Gasteiger partial charge in [0.15, 0.2) is 0 Å². The van der Waals surface area contributed by atoms with Gasteiger partial charge in [0, 0.05) is 66.6 Å². The van der Waals surface area contributed by atoms with Crippen molar-refractivity contribution in [3.05, 3.63) is 123 Å². The quantitative estimate of drug-likeness (QED) is 0.166. The topological polar surface area (TPSA) is 95.5 Å². The van der Waals surface area contributed by atoms with Gasteiger partial charge < -0.3 is 23.8 Å². The summed E-state index contributed by atoms with van der Waals surface area (Å²) in [5.74, 6) is 0.639. The molecule has 0 saturated heterocycles. The smallest absolute Gasteiger partial charge is 0.264 e. The molecule has 0 bridgehead atoms. The molecule has 10 heteroatoms. The third-order valence-electron chi connectivity index (χ3n) is 13.3. The van der Waals surface area contributed by atoms with Gasteiger partial charge in [-0.15, -0.1) is 0 Å². The number of amides is 2. The summed E-state index contributed by atoms with van der Waals surface area (Å²) in [6.07, 6.45) is 4.40. The van der Waals surface area contributed by atoms with Crippen molar-refractivity contribution in [1.29, 1.82) is 5.26 Å². The first-order chi connectivity index (χ1) is 27.7. The van der Waals surface area contributed by atoms with Crippen molar-refractivity contribution in [2.24, 2.45) is 7.05 Å². The van der Waals surface area contributed by atoms with Gasteiger partial charge in [0.1, 0.15) is 17.5 Å². The summed E-state index contributed by atoms with van der Waals surface area (Å²) in [5.41, 5.74) is 11.6. The molecular formula is C48H56N6O3Si. The lowest BCUT2D eigenvalue weighted by atomic mass is 9.90. The molecule has 58 heavy (non-hydrogen) atoms. The summed E-state index contributed by atoms with van der Waals surface area (Å²) in [5, 5.41) is 13.6. The highest BCUT2D eigenvalue weighted by atomic mass is 28.4. The van der Waals surface area contributed by atoms with E-state index in [2.05, 4.69) is 93.1 Å². The van der Waals surface area contributed by atoms with Gasteiger partial charge >= 0.3 is 0 Å². The second-order valence-electron chi connectivity index (χ2n) is 18.0. The average molecular weight is 793 g/mol. The van der Waals surface area contributed by atoms with Crippen LogP contribution in [0.1, 0.15) is 101 Å². The maximum absolute atomic E-state index is 15.4. The SMILES string of the molecule is Cc1c(N(C(=O)c2cc(-c3cc4c(cc3C(=O)N3Cc5ccccc5C[C@H]3C)CNCC4)n3c2CCCC3)c2ccc(O[Si](C)(C)C(C)(C)C)cc2)cc(C#N)n1C. The van der Waals surface area contributed by atoms with E-state index in [0.717, 1.165) is 85.7 Å². The Bertz CT molecular complexity index is 2460. The summed E-state index contributed by atoms with van der Waals surface area (Å²) in [4.78, 5) is 34.2. The molecule has 0 unspecified atom stereocenters. The minimum atomic E-state index is -2.10. The second-order valence-corrected chi connectivity index (χ2v) is 22.7. The highest BCUT2D eigenvalue weighted by Gasteiger charge is 2.39. The molecule has 2 aromatic heterocycles. The number of fused-ring (bicyclic) bond motifs is 3. The molecule has 0 fully saturated rings. The lowest BCUT2D eigenvalue weighted by Gasteiger charge is -2.36. The molecule has 1 atom stereocenters. The molecule has 5 heterocycles. The van der Waals surface area contributed by atoms with Crippen molar-refractivity contribution in [2.75, 3.05) is 11.4 Å². The van der Waals surface area contributed by atoms with Crippen LogP contribution in [0.3, 0.4) is 0 Å². The van der Waals surface area contributed by atoms with Gasteiger partial charge in [0.05, 0.1) is 11.3 Å². The Morgan fingerprint density at radius 1 is 0.931 bits per heavy atom. The molecule has 0 saturated carbocycles. The number of hydrogen-bond donors (Lipinski definition) is 1. The Morgan fingerprint density at radius 2 is 1.67 bits per heavy atom. The maximum Gasteiger partial charge on any atom is 0.264 e. The van der Waals surface area contributed by atoms with Gasteiger partial charge in [-0.2, -0.15) is 5.26 Å². The number of carbonyl (C=O) groups is 2. The number of rotatable bonds is 7. The maximum atomic E-state index is 15.4. The van der Waals surface area contributed by atoms with Crippen LogP contribution in [0.15, 0.2) is 72.8 Å². The van der Waals surface area contributed by atoms with Crippen LogP contribution in [0.5, 0.6) is 5.75 Å². The zero-order chi connectivity index (χ0) is 41.1. The first-order valence-electron chi connectivity index (χ1n) is 20.8. The summed E-state index contributed by atoms with van der Waals surface area (Å²) in [6, 6.07) is 26.8. The van der Waals surface area contributed by atoms with Gasteiger partial charge in [-0.1, -0.05) is 45.0 Å². The average Bonchev–Trinajstić information content (AvgIpc) is 3.73. The van der Waals surface area contributed by atoms with Gasteiger partial charge in [0.25, 0.3) is 11.8 Å². The largest absolute Gasteiger partial charge is 0.544 e. The first kappa shape index (κ1) is 39.5. The van der Waals surface area contributed by atoms with Gasteiger partial charge in [-0.3, -0.25) is 14.5 Å². The number of anilines is 2. The van der Waals surface area contributed by atoms with E-state index in [1.807, 2.05) is 59.8 Å². The Hall–Kier alpha value is -5.37. The fourth-order valence-electron chi connectivity index (χ4n) is 8.73. The zero-order valence-electron chi connectivity index (χ0n) is 35.3. The third-order valence-corrected chi connectivity index (χ3v) is 17.7. The van der Waals surface area contributed by atoms with E-state index in [4.69, 9.17) is 4.43 Å². The molecule has 3 aromatic carbocycles. The van der Waals surface area contributed by atoms with Crippen LogP contribution in [0.25, 0.3) is 11.3 Å². The van der Waals surface area contributed by atoms with E-state index in [9.17, 15) is 10.1 Å². The van der Waals surface area contributed by atoms with E-state index in [1.165, 1.54) is 16.7 Å². The molecule has 9 nitrogen and oxygen atoms in total. The lowest BCUT2D eigenvalue weighted by Crippen LogP contribution is -2.43. The van der Waals surface area contributed by atoms with E-state index in [0.29, 0.717) is 34.7 Å². The molecule has 1 N–H and O–H groups in total. The van der Waals surface area contributed by atoms with Gasteiger partial charge in [0.2, 0.25) is 8.32 Å². The second kappa shape index (κ2) is 15.1. The van der Waals surface area contributed by atoms with Crippen LogP contribution >= 0.6 is 0 Å². The van der Waals surface area contributed by atoms with Crippen molar-refractivity contribution in [3.8, 4) is 23.1 Å². The monoisotopic (exact) mass is 792 g/mol. The zero-order valence-corrected chi connectivity index (χ0v) is 36.3. The molecule has 3 aliphatic rings. The van der Waals surface area contributed by atoms with Crippen LogP contribution in [-0.2, 0) is 45.9 Å². The summed E-state index contributed by atoms with van der Waals surface area (Å²) < 4.78 is 10.8. The highest BCUT2D eigenvalue weighted by Crippen LogP contribution is 2.41. The summed E-state index contributed by atoms with van der Waals surface area (Å²) in [7, 11) is -0.237. The normalized spacial score (nSPS) is 16.5. The Labute approximate surface area is 344 Å². The van der Waals surface area contributed by atoms with E-state index >= 15 is 4.79 Å². The van der Waals surface area contributed by atoms with Crippen molar-refractivity contribution in [1.82, 2.24) is 19.4 Å². The highest BCUT2D eigenvalue weighted by molar-refractivity contribution is 6.74. The molecular weight excluding hydrogens is 737 g/mol. The van der Waals surface area contributed by atoms with Crippen LogP contribution in [0.2, 0.25) is 18.1 Å². The molecule has 3 aliphatic heterocycles. The summed E-state index contributed by atoms with van der Waals surface area (Å²) in [6.45, 7) is 18.2. The van der Waals surface area contributed by atoms with Crippen molar-refractivity contribution in [2.45, 2.75) is 111 Å². The minimum absolute atomic E-state index is 0.0233. The minimum Gasteiger partial charge on any atom is -0.544 e. The van der Waals surface area contributed by atoms with Crippen molar-refractivity contribution >= 4 is 31.5 Å². The number of hydrogen-bond acceptors (Lipinski definition) is 5. The Morgan fingerprint density at radius 3 is 2.38 bits per heavy atom. The molecule has 300 valence electrons. The number of nitriles is 1. The van der Waals surface area contributed by atoms with Crippen LogP contribution < -0.4 is 14.6 Å². The lowest BCUT2D eigenvalue weighted by molar-refractivity contribution is 0.0658. The Balaban J connectivity index is 1.25. The van der Waals surface area contributed by atoms with Gasteiger partial charge in [-0.05, 0) is 141 Å². The van der Waals surface area contributed by atoms with Crippen molar-refractivity contribution < 1.29 is 14.0 Å². The third kappa shape index (κ3) is 6.98. The number of benzene rings is 3.